The van der Waals surface area contributed by atoms with Crippen molar-refractivity contribution in [2.45, 2.75) is 25.3 Å². The van der Waals surface area contributed by atoms with Crippen molar-refractivity contribution in [2.75, 3.05) is 33.2 Å². The molecule has 128 valence electrons. The lowest BCUT2D eigenvalue weighted by atomic mass is 10.0. The standard InChI is InChI=1S/C19H25FN4/c1-23(14-15-24-12-3-2-4-13-24)18(19-21-10-5-11-22-19)16-6-8-17(20)9-7-16/h5-11,18H,2-4,12-15H2,1H3/t18-/m0/s1. The van der Waals surface area contributed by atoms with Gasteiger partial charge in [-0.2, -0.15) is 0 Å². The molecular weight excluding hydrogens is 303 g/mol. The summed E-state index contributed by atoms with van der Waals surface area (Å²) in [6.07, 6.45) is 7.47. The number of benzene rings is 1. The number of halogens is 1. The van der Waals surface area contributed by atoms with Crippen LogP contribution in [0, 0.1) is 5.82 Å². The van der Waals surface area contributed by atoms with Crippen molar-refractivity contribution in [1.29, 1.82) is 0 Å². The van der Waals surface area contributed by atoms with E-state index in [-0.39, 0.29) is 11.9 Å². The van der Waals surface area contributed by atoms with Crippen LogP contribution < -0.4 is 0 Å². The van der Waals surface area contributed by atoms with E-state index in [0.717, 1.165) is 24.5 Å². The molecule has 0 radical (unpaired) electrons. The normalized spacial score (nSPS) is 17.1. The van der Waals surface area contributed by atoms with E-state index in [9.17, 15) is 4.39 Å². The first-order chi connectivity index (χ1) is 11.7. The van der Waals surface area contributed by atoms with Gasteiger partial charge in [0.25, 0.3) is 0 Å². The second-order valence-corrected chi connectivity index (χ2v) is 6.44. The Bertz CT molecular complexity index is 611. The molecular formula is C19H25FN4. The topological polar surface area (TPSA) is 32.3 Å². The van der Waals surface area contributed by atoms with Crippen molar-refractivity contribution >= 4 is 0 Å². The third-order valence-corrected chi connectivity index (χ3v) is 4.67. The Hall–Kier alpha value is -1.85. The number of rotatable bonds is 6. The summed E-state index contributed by atoms with van der Waals surface area (Å²) in [6.45, 7) is 4.36. The van der Waals surface area contributed by atoms with E-state index in [1.807, 2.05) is 18.2 Å². The van der Waals surface area contributed by atoms with Gasteiger partial charge in [-0.05, 0) is 56.7 Å². The predicted octanol–water partition coefficient (Wildman–Crippen LogP) is 3.12. The maximum atomic E-state index is 13.3. The molecule has 0 N–H and O–H groups in total. The maximum Gasteiger partial charge on any atom is 0.149 e. The van der Waals surface area contributed by atoms with Gasteiger partial charge < -0.3 is 4.90 Å². The second kappa shape index (κ2) is 8.31. The molecule has 3 rings (SSSR count). The molecule has 2 aromatic rings. The van der Waals surface area contributed by atoms with Crippen molar-refractivity contribution in [3.8, 4) is 0 Å². The van der Waals surface area contributed by atoms with Gasteiger partial charge in [-0.1, -0.05) is 18.6 Å². The summed E-state index contributed by atoms with van der Waals surface area (Å²) in [7, 11) is 2.09. The van der Waals surface area contributed by atoms with E-state index in [4.69, 9.17) is 0 Å². The predicted molar refractivity (Wildman–Crippen MR) is 93.2 cm³/mol. The number of nitrogens with zero attached hydrogens (tertiary/aromatic N) is 4. The van der Waals surface area contributed by atoms with Crippen LogP contribution in [0.4, 0.5) is 4.39 Å². The van der Waals surface area contributed by atoms with E-state index >= 15 is 0 Å². The molecule has 0 aliphatic carbocycles. The molecule has 5 heteroatoms. The minimum Gasteiger partial charge on any atom is -0.302 e. The molecule has 0 amide bonds. The fourth-order valence-corrected chi connectivity index (χ4v) is 3.31. The van der Waals surface area contributed by atoms with E-state index in [2.05, 4.69) is 26.8 Å². The summed E-state index contributed by atoms with van der Waals surface area (Å²) in [5, 5.41) is 0. The molecule has 24 heavy (non-hydrogen) atoms. The summed E-state index contributed by atoms with van der Waals surface area (Å²) in [6, 6.07) is 8.42. The fraction of sp³-hybridized carbons (Fsp3) is 0.474. The Labute approximate surface area is 143 Å². The van der Waals surface area contributed by atoms with Crippen LogP contribution in [-0.4, -0.2) is 53.0 Å². The molecule has 1 atom stereocenters. The lowest BCUT2D eigenvalue weighted by molar-refractivity contribution is 0.179. The van der Waals surface area contributed by atoms with E-state index in [1.165, 1.54) is 44.5 Å². The molecule has 1 fully saturated rings. The van der Waals surface area contributed by atoms with Gasteiger partial charge in [-0.25, -0.2) is 14.4 Å². The Morgan fingerprint density at radius 1 is 1.08 bits per heavy atom. The molecule has 1 aromatic heterocycles. The van der Waals surface area contributed by atoms with Crippen molar-refractivity contribution in [3.05, 3.63) is 59.9 Å². The van der Waals surface area contributed by atoms with Crippen molar-refractivity contribution in [1.82, 2.24) is 19.8 Å². The van der Waals surface area contributed by atoms with Crippen molar-refractivity contribution < 1.29 is 4.39 Å². The Morgan fingerprint density at radius 3 is 2.42 bits per heavy atom. The molecule has 1 saturated heterocycles. The zero-order valence-electron chi connectivity index (χ0n) is 14.2. The van der Waals surface area contributed by atoms with Crippen LogP contribution in [0.25, 0.3) is 0 Å². The highest BCUT2D eigenvalue weighted by atomic mass is 19.1. The van der Waals surface area contributed by atoms with Gasteiger partial charge >= 0.3 is 0 Å². The third kappa shape index (κ3) is 4.36. The third-order valence-electron chi connectivity index (χ3n) is 4.67. The van der Waals surface area contributed by atoms with Crippen molar-refractivity contribution in [3.63, 3.8) is 0 Å². The minimum atomic E-state index is -0.220. The number of piperidine rings is 1. The van der Waals surface area contributed by atoms with E-state index < -0.39 is 0 Å². The smallest absolute Gasteiger partial charge is 0.149 e. The SMILES string of the molecule is CN(CCN1CCCCC1)[C@@H](c1ccc(F)cc1)c1ncccn1. The van der Waals surface area contributed by atoms with E-state index in [0.29, 0.717) is 0 Å². The summed E-state index contributed by atoms with van der Waals surface area (Å²) < 4.78 is 13.3. The highest BCUT2D eigenvalue weighted by molar-refractivity contribution is 5.25. The molecule has 4 nitrogen and oxygen atoms in total. The van der Waals surface area contributed by atoms with Gasteiger partial charge in [0.1, 0.15) is 11.6 Å². The largest absolute Gasteiger partial charge is 0.302 e. The number of hydrogen-bond donors (Lipinski definition) is 0. The van der Waals surface area contributed by atoms with Crippen LogP contribution >= 0.6 is 0 Å². The summed E-state index contributed by atoms with van der Waals surface area (Å²) in [4.78, 5) is 13.6. The first kappa shape index (κ1) is 17.0. The van der Waals surface area contributed by atoms with Gasteiger partial charge in [0.15, 0.2) is 0 Å². The first-order valence-electron chi connectivity index (χ1n) is 8.69. The molecule has 0 saturated carbocycles. The van der Waals surface area contributed by atoms with Crippen LogP contribution in [0.1, 0.15) is 36.7 Å². The molecule has 0 spiro atoms. The molecule has 2 heterocycles. The number of likely N-dealkylation sites (N-methyl/N-ethyl adjacent to an activating group) is 1. The zero-order valence-corrected chi connectivity index (χ0v) is 14.2. The zero-order chi connectivity index (χ0) is 16.8. The molecule has 1 aliphatic heterocycles. The van der Waals surface area contributed by atoms with Gasteiger partial charge in [0.05, 0.1) is 6.04 Å². The average molecular weight is 328 g/mol. The Morgan fingerprint density at radius 2 is 1.75 bits per heavy atom. The molecule has 1 aromatic carbocycles. The monoisotopic (exact) mass is 328 g/mol. The fourth-order valence-electron chi connectivity index (χ4n) is 3.31. The van der Waals surface area contributed by atoms with E-state index in [1.54, 1.807) is 12.4 Å². The highest BCUT2D eigenvalue weighted by Crippen LogP contribution is 2.25. The second-order valence-electron chi connectivity index (χ2n) is 6.44. The van der Waals surface area contributed by atoms with Crippen LogP contribution in [0.5, 0.6) is 0 Å². The van der Waals surface area contributed by atoms with Gasteiger partial charge in [0.2, 0.25) is 0 Å². The maximum absolute atomic E-state index is 13.3. The average Bonchev–Trinajstić information content (AvgIpc) is 2.64. The van der Waals surface area contributed by atoms with Crippen LogP contribution in [0.2, 0.25) is 0 Å². The van der Waals surface area contributed by atoms with Crippen molar-refractivity contribution in [2.24, 2.45) is 0 Å². The Balaban J connectivity index is 1.74. The van der Waals surface area contributed by atoms with Crippen LogP contribution in [0.3, 0.4) is 0 Å². The lowest BCUT2D eigenvalue weighted by Gasteiger charge is -2.32. The molecule has 0 bridgehead atoms. The van der Waals surface area contributed by atoms with Crippen LogP contribution in [-0.2, 0) is 0 Å². The number of aromatic nitrogens is 2. The summed E-state index contributed by atoms with van der Waals surface area (Å²) in [5.74, 6) is 0.535. The summed E-state index contributed by atoms with van der Waals surface area (Å²) >= 11 is 0. The van der Waals surface area contributed by atoms with Gasteiger partial charge in [-0.15, -0.1) is 0 Å². The summed E-state index contributed by atoms with van der Waals surface area (Å²) in [5.41, 5.74) is 1.02. The highest BCUT2D eigenvalue weighted by Gasteiger charge is 2.22. The number of hydrogen-bond acceptors (Lipinski definition) is 4. The van der Waals surface area contributed by atoms with Gasteiger partial charge in [0, 0.05) is 25.5 Å². The quantitative estimate of drug-likeness (QED) is 0.815. The first-order valence-corrected chi connectivity index (χ1v) is 8.69. The molecule has 0 unspecified atom stereocenters. The van der Waals surface area contributed by atoms with Crippen LogP contribution in [0.15, 0.2) is 42.7 Å². The Kier molecular flexibility index (Phi) is 5.88. The minimum absolute atomic E-state index is 0.0587. The van der Waals surface area contributed by atoms with Gasteiger partial charge in [-0.3, -0.25) is 4.90 Å². The molecule has 1 aliphatic rings. The lowest BCUT2D eigenvalue weighted by Crippen LogP contribution is -2.38. The number of likely N-dealkylation sites (tertiary alicyclic amines) is 1.